The number of nitrogens with one attached hydrogen (secondary N) is 2. The van der Waals surface area contributed by atoms with Gasteiger partial charge < -0.3 is 15.2 Å². The maximum atomic E-state index is 12.2. The molecule has 1 saturated heterocycles. The number of carbonyl (C=O) groups excluding carboxylic acids is 1. The van der Waals surface area contributed by atoms with Crippen molar-refractivity contribution in [2.75, 3.05) is 26.2 Å². The molecule has 118 valence electrons. The van der Waals surface area contributed by atoms with E-state index in [0.717, 1.165) is 41.5 Å². The molecule has 2 N–H and O–H groups in total. The minimum atomic E-state index is -0.100. The van der Waals surface area contributed by atoms with Crippen molar-refractivity contribution in [3.63, 3.8) is 0 Å². The van der Waals surface area contributed by atoms with Gasteiger partial charge >= 0.3 is 0 Å². The molecule has 0 aliphatic carbocycles. The van der Waals surface area contributed by atoms with Gasteiger partial charge in [-0.25, -0.2) is 4.98 Å². The van der Waals surface area contributed by atoms with Crippen LogP contribution in [0.3, 0.4) is 0 Å². The van der Waals surface area contributed by atoms with E-state index in [-0.39, 0.29) is 11.5 Å². The van der Waals surface area contributed by atoms with Gasteiger partial charge in [0, 0.05) is 43.9 Å². The normalized spacial score (nSPS) is 15.5. The first-order valence-corrected chi connectivity index (χ1v) is 8.35. The largest absolute Gasteiger partial charge is 0.340 e. The van der Waals surface area contributed by atoms with Gasteiger partial charge in [0.05, 0.1) is 5.39 Å². The van der Waals surface area contributed by atoms with Gasteiger partial charge in [0.15, 0.2) is 0 Å². The summed E-state index contributed by atoms with van der Waals surface area (Å²) < 4.78 is 0. The van der Waals surface area contributed by atoms with Crippen LogP contribution in [0.5, 0.6) is 0 Å². The third-order valence-electron chi connectivity index (χ3n) is 4.13. The molecule has 1 aliphatic rings. The smallest absolute Gasteiger partial charge is 0.259 e. The fourth-order valence-corrected chi connectivity index (χ4v) is 3.76. The predicted molar refractivity (Wildman–Crippen MR) is 87.5 cm³/mol. The van der Waals surface area contributed by atoms with Crippen molar-refractivity contribution in [2.24, 2.45) is 0 Å². The Morgan fingerprint density at radius 1 is 1.32 bits per heavy atom. The minimum absolute atomic E-state index is 0.100. The van der Waals surface area contributed by atoms with E-state index in [0.29, 0.717) is 24.1 Å². The van der Waals surface area contributed by atoms with E-state index in [9.17, 15) is 9.59 Å². The number of fused-ring (bicyclic) bond motifs is 1. The highest BCUT2D eigenvalue weighted by molar-refractivity contribution is 7.18. The van der Waals surface area contributed by atoms with E-state index in [1.165, 1.54) is 11.3 Å². The fourth-order valence-electron chi connectivity index (χ4n) is 2.72. The maximum absolute atomic E-state index is 12.2. The molecule has 3 heterocycles. The number of aromatic amines is 1. The van der Waals surface area contributed by atoms with Crippen LogP contribution in [0.2, 0.25) is 0 Å². The molecule has 0 atom stereocenters. The first kappa shape index (κ1) is 15.2. The molecule has 22 heavy (non-hydrogen) atoms. The highest BCUT2D eigenvalue weighted by atomic mass is 32.1. The van der Waals surface area contributed by atoms with Gasteiger partial charge in [-0.15, -0.1) is 11.3 Å². The van der Waals surface area contributed by atoms with E-state index < -0.39 is 0 Å². The molecule has 0 saturated carbocycles. The zero-order valence-electron chi connectivity index (χ0n) is 12.9. The first-order valence-electron chi connectivity index (χ1n) is 7.53. The van der Waals surface area contributed by atoms with Crippen LogP contribution >= 0.6 is 11.3 Å². The Labute approximate surface area is 132 Å². The quantitative estimate of drug-likeness (QED) is 0.883. The molecular formula is C15H20N4O2S. The van der Waals surface area contributed by atoms with Crippen LogP contribution < -0.4 is 10.9 Å². The number of carbonyl (C=O) groups is 1. The fraction of sp³-hybridized carbons (Fsp3) is 0.533. The van der Waals surface area contributed by atoms with Crippen LogP contribution in [0.15, 0.2) is 4.79 Å². The average molecular weight is 320 g/mol. The van der Waals surface area contributed by atoms with E-state index in [1.54, 1.807) is 0 Å². The number of piperazine rings is 1. The van der Waals surface area contributed by atoms with Crippen molar-refractivity contribution in [2.45, 2.75) is 26.7 Å². The first-order chi connectivity index (χ1) is 10.6. The number of hydrogen-bond donors (Lipinski definition) is 2. The van der Waals surface area contributed by atoms with Crippen LogP contribution in [-0.4, -0.2) is 47.0 Å². The van der Waals surface area contributed by atoms with Gasteiger partial charge in [0.25, 0.3) is 5.56 Å². The Hall–Kier alpha value is -1.73. The summed E-state index contributed by atoms with van der Waals surface area (Å²) in [6.07, 6.45) is 0.863. The van der Waals surface area contributed by atoms with Crippen LogP contribution in [-0.2, 0) is 11.2 Å². The topological polar surface area (TPSA) is 78.1 Å². The predicted octanol–water partition coefficient (Wildman–Crippen LogP) is 0.966. The Kier molecular flexibility index (Phi) is 4.26. The van der Waals surface area contributed by atoms with Crippen molar-refractivity contribution in [3.05, 3.63) is 26.6 Å². The number of aromatic nitrogens is 2. The molecule has 0 aromatic carbocycles. The molecule has 0 bridgehead atoms. The summed E-state index contributed by atoms with van der Waals surface area (Å²) in [5.41, 5.74) is 0.897. The number of thiophene rings is 1. The minimum Gasteiger partial charge on any atom is -0.340 e. The van der Waals surface area contributed by atoms with E-state index in [2.05, 4.69) is 15.3 Å². The molecule has 1 fully saturated rings. The van der Waals surface area contributed by atoms with Crippen molar-refractivity contribution in [1.82, 2.24) is 20.2 Å². The van der Waals surface area contributed by atoms with Gasteiger partial charge in [-0.3, -0.25) is 9.59 Å². The third-order valence-corrected chi connectivity index (χ3v) is 5.23. The van der Waals surface area contributed by atoms with Crippen LogP contribution in [0.25, 0.3) is 10.2 Å². The lowest BCUT2D eigenvalue weighted by atomic mass is 10.2. The zero-order valence-corrected chi connectivity index (χ0v) is 13.7. The summed E-state index contributed by atoms with van der Waals surface area (Å²) in [6, 6.07) is 0. The molecule has 1 aliphatic heterocycles. The summed E-state index contributed by atoms with van der Waals surface area (Å²) in [5, 5.41) is 3.91. The summed E-state index contributed by atoms with van der Waals surface area (Å²) in [6.45, 7) is 7.14. The average Bonchev–Trinajstić information content (AvgIpc) is 2.81. The van der Waals surface area contributed by atoms with Crippen molar-refractivity contribution >= 4 is 27.5 Å². The Bertz CT molecular complexity index is 759. The molecule has 0 spiro atoms. The van der Waals surface area contributed by atoms with Gasteiger partial charge in [0.1, 0.15) is 10.7 Å². The zero-order chi connectivity index (χ0) is 15.7. The van der Waals surface area contributed by atoms with Gasteiger partial charge in [0.2, 0.25) is 5.91 Å². The highest BCUT2D eigenvalue weighted by Crippen LogP contribution is 2.25. The van der Waals surface area contributed by atoms with E-state index in [4.69, 9.17) is 0 Å². The number of hydrogen-bond acceptors (Lipinski definition) is 5. The molecule has 0 radical (unpaired) electrons. The van der Waals surface area contributed by atoms with Crippen molar-refractivity contribution < 1.29 is 4.79 Å². The third kappa shape index (κ3) is 2.91. The summed E-state index contributed by atoms with van der Waals surface area (Å²) in [4.78, 5) is 35.4. The highest BCUT2D eigenvalue weighted by Gasteiger charge is 2.17. The number of aryl methyl sites for hydroxylation is 3. The van der Waals surface area contributed by atoms with Crippen molar-refractivity contribution in [3.8, 4) is 0 Å². The van der Waals surface area contributed by atoms with E-state index in [1.807, 2.05) is 18.7 Å². The van der Waals surface area contributed by atoms with Crippen LogP contribution in [0.1, 0.15) is 22.7 Å². The number of nitrogens with zero attached hydrogens (tertiary/aromatic N) is 2. The van der Waals surface area contributed by atoms with Gasteiger partial charge in [-0.05, 0) is 19.4 Å². The number of rotatable bonds is 3. The van der Waals surface area contributed by atoms with E-state index >= 15 is 0 Å². The van der Waals surface area contributed by atoms with Gasteiger partial charge in [-0.1, -0.05) is 0 Å². The lowest BCUT2D eigenvalue weighted by molar-refractivity contribution is -0.131. The second-order valence-corrected chi connectivity index (χ2v) is 6.81. The summed E-state index contributed by atoms with van der Waals surface area (Å²) >= 11 is 1.53. The summed E-state index contributed by atoms with van der Waals surface area (Å²) in [5.74, 6) is 0.727. The van der Waals surface area contributed by atoms with Gasteiger partial charge in [-0.2, -0.15) is 0 Å². The standard InChI is InChI=1S/C15H20N4O2S/c1-9-10(2)22-15-13(9)14(21)17-11(18-15)3-4-12(20)19-7-5-16-6-8-19/h16H,3-8H2,1-2H3,(H,17,18,21). The lowest BCUT2D eigenvalue weighted by Crippen LogP contribution is -2.46. The molecule has 2 aromatic rings. The van der Waals surface area contributed by atoms with Crippen LogP contribution in [0, 0.1) is 13.8 Å². The second kappa shape index (κ2) is 6.18. The van der Waals surface area contributed by atoms with Crippen molar-refractivity contribution in [1.29, 1.82) is 0 Å². The Balaban J connectivity index is 1.74. The molecule has 3 rings (SSSR count). The molecule has 1 amide bonds. The molecular weight excluding hydrogens is 300 g/mol. The second-order valence-electron chi connectivity index (χ2n) is 5.61. The molecule has 2 aromatic heterocycles. The molecule has 7 heteroatoms. The Morgan fingerprint density at radius 2 is 2.05 bits per heavy atom. The summed E-state index contributed by atoms with van der Waals surface area (Å²) in [7, 11) is 0. The molecule has 0 unspecified atom stereocenters. The maximum Gasteiger partial charge on any atom is 0.259 e. The SMILES string of the molecule is Cc1sc2nc(CCC(=O)N3CCNCC3)[nH]c(=O)c2c1C. The number of H-pyrrole nitrogens is 1. The van der Waals surface area contributed by atoms with Crippen LogP contribution in [0.4, 0.5) is 0 Å². The number of amides is 1. The lowest BCUT2D eigenvalue weighted by Gasteiger charge is -2.27. The monoisotopic (exact) mass is 320 g/mol. The molecule has 6 nitrogen and oxygen atoms in total. The Morgan fingerprint density at radius 3 is 2.77 bits per heavy atom.